The second-order valence-corrected chi connectivity index (χ2v) is 3.51. The van der Waals surface area contributed by atoms with Gasteiger partial charge in [0.05, 0.1) is 5.71 Å². The molecule has 0 unspecified atom stereocenters. The van der Waals surface area contributed by atoms with Crippen molar-refractivity contribution in [3.05, 3.63) is 34.9 Å². The summed E-state index contributed by atoms with van der Waals surface area (Å²) in [5.74, 6) is 0. The van der Waals surface area contributed by atoms with Crippen LogP contribution < -0.4 is 0 Å². The maximum atomic E-state index is 4.47. The predicted molar refractivity (Wildman–Crippen MR) is 67.4 cm³/mol. The monoisotopic (exact) mass is 202 g/mol. The van der Waals surface area contributed by atoms with E-state index >= 15 is 0 Å². The van der Waals surface area contributed by atoms with Crippen molar-refractivity contribution in [1.29, 1.82) is 0 Å². The molecule has 0 atom stereocenters. The number of rotatable bonds is 3. The Morgan fingerprint density at radius 3 is 2.33 bits per heavy atom. The Morgan fingerprint density at radius 2 is 1.87 bits per heavy atom. The van der Waals surface area contributed by atoms with Gasteiger partial charge in [0.2, 0.25) is 0 Å². The molecule has 15 heavy (non-hydrogen) atoms. The van der Waals surface area contributed by atoms with Gasteiger partial charge in [-0.2, -0.15) is 0 Å². The van der Waals surface area contributed by atoms with Gasteiger partial charge in [0.1, 0.15) is 0 Å². The average Bonchev–Trinajstić information content (AvgIpc) is 2.18. The van der Waals surface area contributed by atoms with Crippen molar-refractivity contribution in [2.24, 2.45) is 9.98 Å². The number of hydrogen-bond donors (Lipinski definition) is 0. The van der Waals surface area contributed by atoms with Crippen LogP contribution in [0.3, 0.4) is 0 Å². The van der Waals surface area contributed by atoms with Crippen LogP contribution in [-0.2, 0) is 0 Å². The molecule has 0 aromatic heterocycles. The Labute approximate surface area is 91.8 Å². The van der Waals surface area contributed by atoms with Crippen molar-refractivity contribution >= 4 is 11.9 Å². The Hall–Kier alpha value is -1.44. The van der Waals surface area contributed by atoms with Crippen LogP contribution in [0.5, 0.6) is 0 Å². The lowest BCUT2D eigenvalue weighted by molar-refractivity contribution is 1.13. The van der Waals surface area contributed by atoms with Crippen LogP contribution in [-0.4, -0.2) is 25.5 Å². The van der Waals surface area contributed by atoms with Gasteiger partial charge in [-0.15, -0.1) is 0 Å². The number of benzene rings is 1. The van der Waals surface area contributed by atoms with Crippen molar-refractivity contribution in [3.63, 3.8) is 0 Å². The van der Waals surface area contributed by atoms with Gasteiger partial charge < -0.3 is 0 Å². The SMILES string of the molecule is CC/N=C(\C=N/C)c1c(C)cccc1C. The summed E-state index contributed by atoms with van der Waals surface area (Å²) < 4.78 is 0. The Balaban J connectivity index is 3.28. The highest BCUT2D eigenvalue weighted by atomic mass is 14.8. The van der Waals surface area contributed by atoms with Gasteiger partial charge in [-0.1, -0.05) is 18.2 Å². The number of hydrogen-bond acceptors (Lipinski definition) is 2. The molecule has 0 N–H and O–H groups in total. The molecule has 1 aromatic carbocycles. The van der Waals surface area contributed by atoms with Crippen LogP contribution in [0.4, 0.5) is 0 Å². The van der Waals surface area contributed by atoms with Gasteiger partial charge in [-0.05, 0) is 31.9 Å². The fourth-order valence-corrected chi connectivity index (χ4v) is 1.70. The summed E-state index contributed by atoms with van der Waals surface area (Å²) in [5, 5.41) is 0. The third-order valence-electron chi connectivity index (χ3n) is 2.32. The van der Waals surface area contributed by atoms with Crippen LogP contribution >= 0.6 is 0 Å². The maximum Gasteiger partial charge on any atom is 0.0829 e. The summed E-state index contributed by atoms with van der Waals surface area (Å²) in [7, 11) is 1.78. The average molecular weight is 202 g/mol. The fourth-order valence-electron chi connectivity index (χ4n) is 1.70. The molecule has 2 nitrogen and oxygen atoms in total. The first-order valence-corrected chi connectivity index (χ1v) is 5.24. The molecule has 0 bridgehead atoms. The third kappa shape index (κ3) is 2.75. The summed E-state index contributed by atoms with van der Waals surface area (Å²) in [4.78, 5) is 8.53. The molecule has 2 heteroatoms. The van der Waals surface area contributed by atoms with Crippen molar-refractivity contribution < 1.29 is 0 Å². The van der Waals surface area contributed by atoms with Crippen LogP contribution in [0.2, 0.25) is 0 Å². The highest BCUT2D eigenvalue weighted by Crippen LogP contribution is 2.13. The molecular formula is C13H18N2. The van der Waals surface area contributed by atoms with E-state index in [0.717, 1.165) is 12.3 Å². The summed E-state index contributed by atoms with van der Waals surface area (Å²) in [5.41, 5.74) is 4.70. The molecule has 0 radical (unpaired) electrons. The molecule has 0 saturated heterocycles. The second-order valence-electron chi connectivity index (χ2n) is 3.51. The molecule has 0 spiro atoms. The van der Waals surface area contributed by atoms with E-state index in [2.05, 4.69) is 42.0 Å². The van der Waals surface area contributed by atoms with Gasteiger partial charge in [0, 0.05) is 25.4 Å². The Kier molecular flexibility index (Phi) is 4.22. The lowest BCUT2D eigenvalue weighted by Crippen LogP contribution is -2.08. The minimum Gasteiger partial charge on any atom is -0.294 e. The van der Waals surface area contributed by atoms with E-state index in [1.54, 1.807) is 7.05 Å². The van der Waals surface area contributed by atoms with E-state index in [1.807, 2.05) is 13.1 Å². The zero-order valence-corrected chi connectivity index (χ0v) is 9.91. The predicted octanol–water partition coefficient (Wildman–Crippen LogP) is 2.81. The van der Waals surface area contributed by atoms with Crippen LogP contribution in [0.15, 0.2) is 28.2 Å². The number of aliphatic imine (C=N–C) groups is 2. The summed E-state index contributed by atoms with van der Waals surface area (Å²) in [6, 6.07) is 6.29. The Bertz CT molecular complexity index is 369. The highest BCUT2D eigenvalue weighted by molar-refractivity contribution is 6.39. The summed E-state index contributed by atoms with van der Waals surface area (Å²) >= 11 is 0. The van der Waals surface area contributed by atoms with Crippen molar-refractivity contribution in [3.8, 4) is 0 Å². The molecule has 0 amide bonds. The fraction of sp³-hybridized carbons (Fsp3) is 0.385. The van der Waals surface area contributed by atoms with E-state index in [1.165, 1.54) is 16.7 Å². The van der Waals surface area contributed by atoms with E-state index in [0.29, 0.717) is 0 Å². The molecule has 0 fully saturated rings. The normalized spacial score (nSPS) is 12.4. The van der Waals surface area contributed by atoms with E-state index in [9.17, 15) is 0 Å². The first kappa shape index (κ1) is 11.6. The van der Waals surface area contributed by atoms with Crippen molar-refractivity contribution in [2.75, 3.05) is 13.6 Å². The smallest absolute Gasteiger partial charge is 0.0829 e. The topological polar surface area (TPSA) is 24.7 Å². The highest BCUT2D eigenvalue weighted by Gasteiger charge is 2.06. The van der Waals surface area contributed by atoms with Crippen molar-refractivity contribution in [2.45, 2.75) is 20.8 Å². The van der Waals surface area contributed by atoms with Gasteiger partial charge >= 0.3 is 0 Å². The maximum absolute atomic E-state index is 4.47. The summed E-state index contributed by atoms with van der Waals surface area (Å²) in [6.45, 7) is 7.04. The third-order valence-corrected chi connectivity index (χ3v) is 2.32. The molecule has 1 aromatic rings. The molecule has 80 valence electrons. The minimum atomic E-state index is 0.787. The largest absolute Gasteiger partial charge is 0.294 e. The lowest BCUT2D eigenvalue weighted by atomic mass is 9.99. The van der Waals surface area contributed by atoms with Gasteiger partial charge in [-0.25, -0.2) is 0 Å². The second kappa shape index (κ2) is 5.44. The van der Waals surface area contributed by atoms with Crippen molar-refractivity contribution in [1.82, 2.24) is 0 Å². The van der Waals surface area contributed by atoms with Crippen LogP contribution in [0.25, 0.3) is 0 Å². The molecule has 0 saturated carbocycles. The Morgan fingerprint density at radius 1 is 1.27 bits per heavy atom. The van der Waals surface area contributed by atoms with Gasteiger partial charge in [0.25, 0.3) is 0 Å². The molecule has 0 aliphatic rings. The van der Waals surface area contributed by atoms with Crippen LogP contribution in [0.1, 0.15) is 23.6 Å². The van der Waals surface area contributed by atoms with E-state index in [4.69, 9.17) is 0 Å². The summed E-state index contributed by atoms with van der Waals surface area (Å²) in [6.07, 6.45) is 1.83. The molecule has 0 aliphatic carbocycles. The van der Waals surface area contributed by atoms with Crippen LogP contribution in [0, 0.1) is 13.8 Å². The molecule has 0 heterocycles. The quantitative estimate of drug-likeness (QED) is 0.673. The zero-order valence-electron chi connectivity index (χ0n) is 9.91. The zero-order chi connectivity index (χ0) is 11.3. The number of nitrogens with zero attached hydrogens (tertiary/aromatic N) is 2. The molecule has 0 aliphatic heterocycles. The van der Waals surface area contributed by atoms with Gasteiger partial charge in [0.15, 0.2) is 0 Å². The van der Waals surface area contributed by atoms with Gasteiger partial charge in [-0.3, -0.25) is 9.98 Å². The van der Waals surface area contributed by atoms with E-state index in [-0.39, 0.29) is 0 Å². The molecule has 1 rings (SSSR count). The van der Waals surface area contributed by atoms with E-state index < -0.39 is 0 Å². The lowest BCUT2D eigenvalue weighted by Gasteiger charge is -2.09. The standard InChI is InChI=1S/C13H18N2/c1-5-15-12(9-14-4)13-10(2)7-6-8-11(13)3/h6-9H,5H2,1-4H3/b14-9-,15-12+. The molecular weight excluding hydrogens is 184 g/mol. The first-order valence-electron chi connectivity index (χ1n) is 5.24. The minimum absolute atomic E-state index is 0.787. The first-order chi connectivity index (χ1) is 7.20. The number of aryl methyl sites for hydroxylation is 2.